The normalized spacial score (nSPS) is 10.9. The first-order valence-electron chi connectivity index (χ1n) is 5.09. The number of hydrogen-bond donors (Lipinski definition) is 3. The van der Waals surface area contributed by atoms with Gasteiger partial charge in [0.15, 0.2) is 0 Å². The fourth-order valence-electron chi connectivity index (χ4n) is 1.20. The molecule has 0 aliphatic heterocycles. The minimum Gasteiger partial charge on any atom is -0.325 e. The maximum Gasteiger partial charge on any atom is 0.264 e. The summed E-state index contributed by atoms with van der Waals surface area (Å²) >= 11 is 5.83. The predicted octanol–water partition coefficient (Wildman–Crippen LogP) is 0.0620. The zero-order chi connectivity index (χ0) is 14.6. The second kappa shape index (κ2) is 6.00. The monoisotopic (exact) mass is 305 g/mol. The van der Waals surface area contributed by atoms with E-state index < -0.39 is 22.5 Å². The molecule has 2 amide bonds. The third kappa shape index (κ3) is 4.19. The molecule has 0 fully saturated rings. The Morgan fingerprint density at radius 3 is 2.47 bits per heavy atom. The van der Waals surface area contributed by atoms with Gasteiger partial charge in [-0.25, -0.2) is 13.1 Å². The molecule has 0 heterocycles. The third-order valence-electron chi connectivity index (χ3n) is 2.00. The summed E-state index contributed by atoms with van der Waals surface area (Å²) in [5.41, 5.74) is 5.29. The molecule has 9 heteroatoms. The molecule has 104 valence electrons. The Labute approximate surface area is 115 Å². The minimum atomic E-state index is -4.02. The summed E-state index contributed by atoms with van der Waals surface area (Å²) in [6.45, 7) is 0.847. The van der Waals surface area contributed by atoms with Gasteiger partial charge in [-0.1, -0.05) is 11.6 Å². The van der Waals surface area contributed by atoms with E-state index in [0.717, 1.165) is 6.07 Å². The predicted molar refractivity (Wildman–Crippen MR) is 70.1 cm³/mol. The minimum absolute atomic E-state index is 0.0401. The van der Waals surface area contributed by atoms with Crippen molar-refractivity contribution in [2.75, 3.05) is 11.9 Å². The Morgan fingerprint density at radius 2 is 2.00 bits per heavy atom. The van der Waals surface area contributed by atoms with Gasteiger partial charge in [0.1, 0.15) is 0 Å². The zero-order valence-electron chi connectivity index (χ0n) is 9.94. The van der Waals surface area contributed by atoms with Crippen LogP contribution < -0.4 is 15.8 Å². The Kier molecular flexibility index (Phi) is 4.87. The molecule has 7 nitrogen and oxygen atoms in total. The topological polar surface area (TPSA) is 118 Å². The molecule has 0 saturated heterocycles. The molecule has 19 heavy (non-hydrogen) atoms. The van der Waals surface area contributed by atoms with Crippen molar-refractivity contribution in [3.05, 3.63) is 23.2 Å². The molecule has 0 bridgehead atoms. The molecule has 0 radical (unpaired) electrons. The Morgan fingerprint density at radius 1 is 1.37 bits per heavy atom. The van der Waals surface area contributed by atoms with Gasteiger partial charge in [0.25, 0.3) is 10.0 Å². The summed E-state index contributed by atoms with van der Waals surface area (Å²) in [6.07, 6.45) is 0. The van der Waals surface area contributed by atoms with Crippen LogP contribution in [0.15, 0.2) is 23.1 Å². The van der Waals surface area contributed by atoms with Crippen LogP contribution in [0.25, 0.3) is 0 Å². The smallest absolute Gasteiger partial charge is 0.264 e. The number of hydrogen-bond acceptors (Lipinski definition) is 5. The van der Waals surface area contributed by atoms with Crippen molar-refractivity contribution < 1.29 is 18.0 Å². The quantitative estimate of drug-likeness (QED) is 0.727. The second-order valence-corrected chi connectivity index (χ2v) is 5.65. The Bertz CT molecular complexity index is 615. The summed E-state index contributed by atoms with van der Waals surface area (Å²) in [4.78, 5) is 21.7. The Balaban J connectivity index is 3.06. The van der Waals surface area contributed by atoms with Crippen LogP contribution in [0.4, 0.5) is 5.69 Å². The van der Waals surface area contributed by atoms with Crippen LogP contribution in [0.1, 0.15) is 6.92 Å². The summed E-state index contributed by atoms with van der Waals surface area (Å²) < 4.78 is 25.3. The first kappa shape index (κ1) is 15.4. The molecule has 1 aromatic rings. The number of amides is 2. The van der Waals surface area contributed by atoms with Crippen molar-refractivity contribution in [2.45, 2.75) is 11.8 Å². The van der Waals surface area contributed by atoms with E-state index in [4.69, 9.17) is 17.3 Å². The Hall–Kier alpha value is -1.64. The molecule has 0 aromatic heterocycles. The van der Waals surface area contributed by atoms with E-state index in [-0.39, 0.29) is 21.5 Å². The van der Waals surface area contributed by atoms with Crippen LogP contribution in [0.5, 0.6) is 0 Å². The first-order chi connectivity index (χ1) is 8.76. The number of nitrogens with one attached hydrogen (secondary N) is 2. The summed E-state index contributed by atoms with van der Waals surface area (Å²) in [5, 5.41) is 2.47. The van der Waals surface area contributed by atoms with Gasteiger partial charge in [0.05, 0.1) is 22.2 Å². The van der Waals surface area contributed by atoms with Crippen LogP contribution in [-0.2, 0) is 19.6 Å². The van der Waals surface area contributed by atoms with Crippen LogP contribution in [-0.4, -0.2) is 26.8 Å². The maximum atomic E-state index is 11.8. The molecular weight excluding hydrogens is 294 g/mol. The lowest BCUT2D eigenvalue weighted by Gasteiger charge is -2.09. The van der Waals surface area contributed by atoms with Gasteiger partial charge in [-0.15, -0.1) is 0 Å². The highest BCUT2D eigenvalue weighted by Gasteiger charge is 2.18. The summed E-state index contributed by atoms with van der Waals surface area (Å²) in [7, 11) is -4.02. The van der Waals surface area contributed by atoms with Crippen LogP contribution in [0.3, 0.4) is 0 Å². The van der Waals surface area contributed by atoms with Crippen molar-refractivity contribution in [3.63, 3.8) is 0 Å². The van der Waals surface area contributed by atoms with Gasteiger partial charge in [-0.2, -0.15) is 0 Å². The fourth-order valence-corrected chi connectivity index (χ4v) is 2.52. The number of anilines is 1. The lowest BCUT2D eigenvalue weighted by atomic mass is 10.3. The largest absolute Gasteiger partial charge is 0.325 e. The standard InChI is InChI=1S/C10H12ClN3O4S/c1-6(15)13-9-3-2-7(4-8(9)11)19(17,18)14-10(16)5-12/h2-4H,5,12H2,1H3,(H,13,15)(H,14,16). The second-order valence-electron chi connectivity index (χ2n) is 3.56. The number of carbonyl (C=O) groups is 2. The van der Waals surface area contributed by atoms with E-state index in [1.165, 1.54) is 19.1 Å². The highest BCUT2D eigenvalue weighted by molar-refractivity contribution is 7.90. The highest BCUT2D eigenvalue weighted by Crippen LogP contribution is 2.25. The van der Waals surface area contributed by atoms with Crippen LogP contribution in [0.2, 0.25) is 5.02 Å². The van der Waals surface area contributed by atoms with E-state index in [1.54, 1.807) is 4.72 Å². The van der Waals surface area contributed by atoms with Gasteiger partial charge in [0, 0.05) is 6.92 Å². The van der Waals surface area contributed by atoms with Gasteiger partial charge in [-0.3, -0.25) is 9.59 Å². The maximum absolute atomic E-state index is 11.8. The molecule has 0 aliphatic carbocycles. The average molecular weight is 306 g/mol. The molecule has 0 atom stereocenters. The SMILES string of the molecule is CC(=O)Nc1ccc(S(=O)(=O)NC(=O)CN)cc1Cl. The molecule has 0 saturated carbocycles. The van der Waals surface area contributed by atoms with Gasteiger partial charge >= 0.3 is 0 Å². The zero-order valence-corrected chi connectivity index (χ0v) is 11.5. The number of halogens is 1. The van der Waals surface area contributed by atoms with E-state index in [0.29, 0.717) is 0 Å². The van der Waals surface area contributed by atoms with E-state index in [1.807, 2.05) is 0 Å². The molecule has 0 aliphatic rings. The van der Waals surface area contributed by atoms with Crippen molar-refractivity contribution in [1.29, 1.82) is 0 Å². The van der Waals surface area contributed by atoms with Crippen molar-refractivity contribution in [2.24, 2.45) is 5.73 Å². The number of carbonyl (C=O) groups excluding carboxylic acids is 2. The molecule has 4 N–H and O–H groups in total. The third-order valence-corrected chi connectivity index (χ3v) is 3.68. The summed E-state index contributed by atoms with van der Waals surface area (Å²) in [5.74, 6) is -1.17. The molecular formula is C10H12ClN3O4S. The van der Waals surface area contributed by atoms with E-state index >= 15 is 0 Å². The number of sulfonamides is 1. The molecule has 0 unspecified atom stereocenters. The van der Waals surface area contributed by atoms with Gasteiger partial charge < -0.3 is 11.1 Å². The van der Waals surface area contributed by atoms with E-state index in [9.17, 15) is 18.0 Å². The average Bonchev–Trinajstić information content (AvgIpc) is 2.30. The molecule has 1 aromatic carbocycles. The molecule has 1 rings (SSSR count). The lowest BCUT2D eigenvalue weighted by molar-refractivity contribution is -0.118. The van der Waals surface area contributed by atoms with Crippen molar-refractivity contribution >= 4 is 39.1 Å². The number of nitrogens with two attached hydrogens (primary N) is 1. The van der Waals surface area contributed by atoms with Crippen molar-refractivity contribution in [1.82, 2.24) is 4.72 Å². The van der Waals surface area contributed by atoms with Crippen molar-refractivity contribution in [3.8, 4) is 0 Å². The van der Waals surface area contributed by atoms with E-state index in [2.05, 4.69) is 5.32 Å². The summed E-state index contributed by atoms with van der Waals surface area (Å²) in [6, 6.07) is 3.66. The van der Waals surface area contributed by atoms with Crippen LogP contribution >= 0.6 is 11.6 Å². The van der Waals surface area contributed by atoms with Crippen LogP contribution in [0, 0.1) is 0 Å². The van der Waals surface area contributed by atoms with Gasteiger partial charge in [-0.05, 0) is 18.2 Å². The highest BCUT2D eigenvalue weighted by atomic mass is 35.5. The number of rotatable bonds is 4. The fraction of sp³-hybridized carbons (Fsp3) is 0.200. The first-order valence-corrected chi connectivity index (χ1v) is 6.95. The lowest BCUT2D eigenvalue weighted by Crippen LogP contribution is -2.35. The number of benzene rings is 1. The molecule has 0 spiro atoms. The van der Waals surface area contributed by atoms with Gasteiger partial charge in [0.2, 0.25) is 11.8 Å².